The van der Waals surface area contributed by atoms with Crippen LogP contribution in [0, 0.1) is 15.9 Å². The molecule has 0 spiro atoms. The van der Waals surface area contributed by atoms with Gasteiger partial charge < -0.3 is 0 Å². The van der Waals surface area contributed by atoms with Gasteiger partial charge >= 0.3 is 0 Å². The molecule has 0 N–H and O–H groups in total. The highest BCUT2D eigenvalue weighted by Gasteiger charge is 2.18. The van der Waals surface area contributed by atoms with Crippen LogP contribution in [0.1, 0.15) is 11.7 Å². The molecule has 9 heteroatoms. The number of hydrogen-bond donors (Lipinski definition) is 0. The highest BCUT2D eigenvalue weighted by molar-refractivity contribution is 6.01. The van der Waals surface area contributed by atoms with Crippen LogP contribution in [-0.2, 0) is 4.79 Å². The zero-order valence-electron chi connectivity index (χ0n) is 16.2. The molecule has 0 saturated carbocycles. The first-order chi connectivity index (χ1) is 14.9. The normalized spacial score (nSPS) is 10.8. The number of amides is 1. The lowest BCUT2D eigenvalue weighted by Crippen LogP contribution is -2.14. The number of rotatable bonds is 5. The molecule has 0 bridgehead atoms. The van der Waals surface area contributed by atoms with Gasteiger partial charge in [-0.25, -0.2) is 4.39 Å². The summed E-state index contributed by atoms with van der Waals surface area (Å²) in [5.41, 5.74) is 2.14. The minimum atomic E-state index is -0.542. The number of carbonyl (C=O) groups is 2. The topological polar surface area (TPSA) is 98.3 Å². The maximum absolute atomic E-state index is 13.4. The van der Waals surface area contributed by atoms with E-state index >= 15 is 0 Å². The van der Waals surface area contributed by atoms with Crippen molar-refractivity contribution in [1.82, 2.24) is 9.78 Å². The number of fused-ring (bicyclic) bond motifs is 1. The summed E-state index contributed by atoms with van der Waals surface area (Å²) in [6, 6.07) is 16.3. The summed E-state index contributed by atoms with van der Waals surface area (Å²) >= 11 is 0. The Hall–Kier alpha value is -4.40. The molecule has 0 aliphatic rings. The van der Waals surface area contributed by atoms with Crippen LogP contribution in [0.15, 0.2) is 66.7 Å². The molecule has 3 aromatic carbocycles. The van der Waals surface area contributed by atoms with Crippen molar-refractivity contribution in [3.05, 3.63) is 82.7 Å². The van der Waals surface area contributed by atoms with Crippen molar-refractivity contribution in [2.24, 2.45) is 0 Å². The molecule has 154 valence electrons. The number of aromatic nitrogens is 2. The minimum Gasteiger partial charge on any atom is -0.283 e. The Morgan fingerprint density at radius 2 is 1.81 bits per heavy atom. The highest BCUT2D eigenvalue weighted by Crippen LogP contribution is 2.34. The largest absolute Gasteiger partial charge is 0.283 e. The summed E-state index contributed by atoms with van der Waals surface area (Å²) in [5.74, 6) is -0.713. The van der Waals surface area contributed by atoms with Gasteiger partial charge in [0.2, 0.25) is 12.3 Å². The summed E-state index contributed by atoms with van der Waals surface area (Å²) in [6.07, 6.45) is 0.549. The lowest BCUT2D eigenvalue weighted by atomic mass is 10.1. The molecular weight excluding hydrogens is 403 g/mol. The maximum atomic E-state index is 13.4. The zero-order chi connectivity index (χ0) is 22.1. The molecule has 0 aliphatic heterocycles. The second-order valence-corrected chi connectivity index (χ2v) is 6.74. The van der Waals surface area contributed by atoms with Crippen LogP contribution < -0.4 is 4.90 Å². The summed E-state index contributed by atoms with van der Waals surface area (Å²) in [7, 11) is 0. The van der Waals surface area contributed by atoms with Gasteiger partial charge in [-0.05, 0) is 48.5 Å². The second-order valence-electron chi connectivity index (χ2n) is 6.74. The fourth-order valence-corrected chi connectivity index (χ4v) is 3.34. The Morgan fingerprint density at radius 3 is 2.45 bits per heavy atom. The van der Waals surface area contributed by atoms with E-state index in [0.29, 0.717) is 39.9 Å². The van der Waals surface area contributed by atoms with Gasteiger partial charge in [0, 0.05) is 35.7 Å². The van der Waals surface area contributed by atoms with Gasteiger partial charge in [-0.1, -0.05) is 6.07 Å². The molecule has 31 heavy (non-hydrogen) atoms. The molecule has 0 aliphatic carbocycles. The van der Waals surface area contributed by atoms with Crippen molar-refractivity contribution in [2.45, 2.75) is 6.92 Å². The predicted octanol–water partition coefficient (Wildman–Crippen LogP) is 4.71. The molecule has 1 aromatic heterocycles. The van der Waals surface area contributed by atoms with Gasteiger partial charge in [0.25, 0.3) is 5.69 Å². The number of anilines is 2. The SMILES string of the molecule is CC(=O)n1nc(-c2ccc(F)cc2)c2cc(N(C=O)c3cccc([N+](=O)[O-])c3)ccc21. The maximum Gasteiger partial charge on any atom is 0.271 e. The molecule has 1 amide bonds. The molecule has 8 nitrogen and oxygen atoms in total. The van der Waals surface area contributed by atoms with E-state index in [-0.39, 0.29) is 11.6 Å². The van der Waals surface area contributed by atoms with Crippen LogP contribution >= 0.6 is 0 Å². The van der Waals surface area contributed by atoms with Gasteiger partial charge in [-0.2, -0.15) is 9.78 Å². The van der Waals surface area contributed by atoms with Crippen LogP contribution in [0.3, 0.4) is 0 Å². The Balaban J connectivity index is 1.90. The first-order valence-corrected chi connectivity index (χ1v) is 9.17. The molecule has 1 heterocycles. The molecule has 0 unspecified atom stereocenters. The monoisotopic (exact) mass is 418 g/mol. The average Bonchev–Trinajstić information content (AvgIpc) is 3.14. The van der Waals surface area contributed by atoms with Crippen molar-refractivity contribution in [3.63, 3.8) is 0 Å². The fourth-order valence-electron chi connectivity index (χ4n) is 3.34. The van der Waals surface area contributed by atoms with Gasteiger partial charge in [-0.3, -0.25) is 24.6 Å². The van der Waals surface area contributed by atoms with E-state index in [0.717, 1.165) is 0 Å². The van der Waals surface area contributed by atoms with E-state index in [9.17, 15) is 24.1 Å². The van der Waals surface area contributed by atoms with Crippen molar-refractivity contribution < 1.29 is 18.9 Å². The Labute approximate surface area is 175 Å². The van der Waals surface area contributed by atoms with Crippen LogP contribution in [0.4, 0.5) is 21.5 Å². The Morgan fingerprint density at radius 1 is 1.10 bits per heavy atom. The first kappa shape index (κ1) is 19.9. The van der Waals surface area contributed by atoms with Gasteiger partial charge in [0.1, 0.15) is 11.5 Å². The predicted molar refractivity (Wildman–Crippen MR) is 113 cm³/mol. The Bertz CT molecular complexity index is 1330. The van der Waals surface area contributed by atoms with Crippen molar-refractivity contribution in [3.8, 4) is 11.3 Å². The van der Waals surface area contributed by atoms with Gasteiger partial charge in [-0.15, -0.1) is 0 Å². The number of nitro benzene ring substituents is 1. The molecule has 0 atom stereocenters. The number of benzene rings is 3. The van der Waals surface area contributed by atoms with Crippen molar-refractivity contribution in [1.29, 1.82) is 0 Å². The average molecular weight is 418 g/mol. The third-order valence-electron chi connectivity index (χ3n) is 4.78. The number of nitro groups is 1. The molecule has 4 rings (SSSR count). The van der Waals surface area contributed by atoms with Crippen LogP contribution in [0.5, 0.6) is 0 Å². The van der Waals surface area contributed by atoms with E-state index < -0.39 is 10.7 Å². The van der Waals surface area contributed by atoms with E-state index in [2.05, 4.69) is 5.10 Å². The third-order valence-corrected chi connectivity index (χ3v) is 4.78. The van der Waals surface area contributed by atoms with Crippen LogP contribution in [-0.4, -0.2) is 27.0 Å². The van der Waals surface area contributed by atoms with E-state index in [4.69, 9.17) is 0 Å². The van der Waals surface area contributed by atoms with Gasteiger partial charge in [0.15, 0.2) is 0 Å². The number of nitrogens with zero attached hydrogens (tertiary/aromatic N) is 4. The van der Waals surface area contributed by atoms with Crippen LogP contribution in [0.2, 0.25) is 0 Å². The molecule has 0 fully saturated rings. The summed E-state index contributed by atoms with van der Waals surface area (Å²) in [4.78, 5) is 35.7. The first-order valence-electron chi connectivity index (χ1n) is 9.17. The smallest absolute Gasteiger partial charge is 0.271 e. The van der Waals surface area contributed by atoms with E-state index in [1.807, 2.05) is 0 Å². The standard InChI is InChI=1S/C22H15FN4O4/c1-14(29)26-21-10-9-18(25(13-28)17-3-2-4-19(11-17)27(30)31)12-20(21)22(24-26)15-5-7-16(23)8-6-15/h2-13H,1H3. The van der Waals surface area contributed by atoms with E-state index in [1.165, 1.54) is 46.8 Å². The number of non-ortho nitro benzene ring substituents is 1. The zero-order valence-corrected chi connectivity index (χ0v) is 16.2. The number of carbonyl (C=O) groups excluding carboxylic acids is 2. The lowest BCUT2D eigenvalue weighted by Gasteiger charge is -2.17. The van der Waals surface area contributed by atoms with Crippen molar-refractivity contribution in [2.75, 3.05) is 4.90 Å². The molecule has 0 saturated heterocycles. The second kappa shape index (κ2) is 7.79. The number of hydrogen-bond acceptors (Lipinski definition) is 5. The lowest BCUT2D eigenvalue weighted by molar-refractivity contribution is -0.384. The Kier molecular flexibility index (Phi) is 5.00. The van der Waals surface area contributed by atoms with E-state index in [1.54, 1.807) is 36.4 Å². The quantitative estimate of drug-likeness (QED) is 0.266. The third kappa shape index (κ3) is 3.64. The minimum absolute atomic E-state index is 0.151. The summed E-state index contributed by atoms with van der Waals surface area (Å²) < 4.78 is 14.6. The molecule has 4 aromatic rings. The molecule has 0 radical (unpaired) electrons. The highest BCUT2D eigenvalue weighted by atomic mass is 19.1. The van der Waals surface area contributed by atoms with Crippen molar-refractivity contribution >= 4 is 40.3 Å². The molecular formula is C22H15FN4O4. The number of halogens is 1. The van der Waals surface area contributed by atoms with Crippen LogP contribution in [0.25, 0.3) is 22.2 Å². The van der Waals surface area contributed by atoms with Gasteiger partial charge in [0.05, 0.1) is 16.1 Å². The summed E-state index contributed by atoms with van der Waals surface area (Å²) in [5, 5.41) is 16.0. The summed E-state index contributed by atoms with van der Waals surface area (Å²) in [6.45, 7) is 1.37. The fraction of sp³-hybridized carbons (Fsp3) is 0.0455.